The lowest BCUT2D eigenvalue weighted by Crippen LogP contribution is -2.41. The first-order valence-electron chi connectivity index (χ1n) is 5.32. The largest absolute Gasteiger partial charge is 0.397 e. The van der Waals surface area contributed by atoms with Gasteiger partial charge < -0.3 is 11.1 Å². The highest BCUT2D eigenvalue weighted by Gasteiger charge is 2.37. The van der Waals surface area contributed by atoms with Gasteiger partial charge in [-0.1, -0.05) is 0 Å². The number of likely N-dealkylation sites (N-methyl/N-ethyl adjacent to an activating group) is 1. The van der Waals surface area contributed by atoms with Crippen molar-refractivity contribution in [1.29, 1.82) is 0 Å². The van der Waals surface area contributed by atoms with Gasteiger partial charge in [0.1, 0.15) is 6.04 Å². The van der Waals surface area contributed by atoms with Crippen molar-refractivity contribution in [3.63, 3.8) is 0 Å². The molecule has 1 unspecified atom stereocenters. The predicted molar refractivity (Wildman–Crippen MR) is 62.3 cm³/mol. The van der Waals surface area contributed by atoms with Gasteiger partial charge in [0.05, 0.1) is 12.1 Å². The van der Waals surface area contributed by atoms with Crippen molar-refractivity contribution in [3.8, 4) is 0 Å². The molecule has 3 amide bonds. The summed E-state index contributed by atoms with van der Waals surface area (Å²) in [4.78, 5) is 39.6. The van der Waals surface area contributed by atoms with Crippen molar-refractivity contribution >= 4 is 23.4 Å². The number of hydrogen-bond acceptors (Lipinski definition) is 5. The van der Waals surface area contributed by atoms with E-state index >= 15 is 0 Å². The van der Waals surface area contributed by atoms with E-state index < -0.39 is 17.9 Å². The summed E-state index contributed by atoms with van der Waals surface area (Å²) in [5.41, 5.74) is 5.87. The minimum absolute atomic E-state index is 0.0339. The Morgan fingerprint density at radius 2 is 2.28 bits per heavy atom. The van der Waals surface area contributed by atoms with Crippen LogP contribution >= 0.6 is 0 Å². The third kappa shape index (κ3) is 2.02. The van der Waals surface area contributed by atoms with Crippen molar-refractivity contribution in [2.75, 3.05) is 12.8 Å². The van der Waals surface area contributed by atoms with Crippen LogP contribution in [0.25, 0.3) is 0 Å². The number of imide groups is 1. The predicted octanol–water partition coefficient (Wildman–Crippen LogP) is -0.849. The van der Waals surface area contributed by atoms with Crippen molar-refractivity contribution in [3.05, 3.63) is 24.0 Å². The van der Waals surface area contributed by atoms with Gasteiger partial charge in [0.2, 0.25) is 5.91 Å². The first-order valence-corrected chi connectivity index (χ1v) is 5.32. The number of amides is 3. The third-order valence-corrected chi connectivity index (χ3v) is 2.74. The summed E-state index contributed by atoms with van der Waals surface area (Å²) < 4.78 is 0. The number of pyridine rings is 1. The van der Waals surface area contributed by atoms with E-state index in [4.69, 9.17) is 5.73 Å². The van der Waals surface area contributed by atoms with Crippen LogP contribution in [0.2, 0.25) is 0 Å². The second-order valence-corrected chi connectivity index (χ2v) is 3.96. The number of hydrogen-bond donors (Lipinski definition) is 2. The molecule has 1 saturated heterocycles. The smallest absolute Gasteiger partial charge is 0.272 e. The van der Waals surface area contributed by atoms with Gasteiger partial charge in [-0.15, -0.1) is 0 Å². The Morgan fingerprint density at radius 3 is 2.83 bits per heavy atom. The minimum atomic E-state index is -0.837. The van der Waals surface area contributed by atoms with E-state index in [1.165, 1.54) is 19.3 Å². The number of carbonyl (C=O) groups is 3. The highest BCUT2D eigenvalue weighted by molar-refractivity contribution is 6.08. The van der Waals surface area contributed by atoms with Crippen molar-refractivity contribution in [2.45, 2.75) is 12.5 Å². The minimum Gasteiger partial charge on any atom is -0.397 e. The number of aromatic nitrogens is 1. The van der Waals surface area contributed by atoms with Gasteiger partial charge in [-0.2, -0.15) is 0 Å². The molecule has 0 spiro atoms. The van der Waals surface area contributed by atoms with Crippen molar-refractivity contribution in [2.24, 2.45) is 0 Å². The van der Waals surface area contributed by atoms with Gasteiger partial charge in [-0.05, 0) is 12.1 Å². The molecule has 18 heavy (non-hydrogen) atoms. The highest BCUT2D eigenvalue weighted by Crippen LogP contribution is 2.12. The number of anilines is 1. The lowest BCUT2D eigenvalue weighted by Gasteiger charge is -2.11. The monoisotopic (exact) mass is 248 g/mol. The second-order valence-electron chi connectivity index (χ2n) is 3.96. The molecule has 1 aliphatic heterocycles. The van der Waals surface area contributed by atoms with Crippen LogP contribution in [0.4, 0.5) is 5.69 Å². The molecule has 0 radical (unpaired) electrons. The molecule has 1 aromatic heterocycles. The summed E-state index contributed by atoms with van der Waals surface area (Å²) >= 11 is 0. The zero-order valence-corrected chi connectivity index (χ0v) is 9.71. The average Bonchev–Trinajstić information content (AvgIpc) is 2.57. The lowest BCUT2D eigenvalue weighted by molar-refractivity contribution is -0.137. The van der Waals surface area contributed by atoms with Crippen LogP contribution in [0, 0.1) is 0 Å². The Bertz CT molecular complexity index is 529. The van der Waals surface area contributed by atoms with Crippen LogP contribution in [-0.2, 0) is 9.59 Å². The molecule has 3 N–H and O–H groups in total. The maximum absolute atomic E-state index is 11.8. The van der Waals surface area contributed by atoms with Gasteiger partial charge in [0, 0.05) is 13.2 Å². The number of rotatable bonds is 2. The standard InChI is InChI=1S/C11H12N4O3/c1-15-8(16)5-7(11(15)18)14-10(17)9-6(12)3-2-4-13-9/h2-4,7H,5,12H2,1H3,(H,14,17). The molecule has 0 saturated carbocycles. The number of nitrogens with zero attached hydrogens (tertiary/aromatic N) is 2. The van der Waals surface area contributed by atoms with Gasteiger partial charge >= 0.3 is 0 Å². The average molecular weight is 248 g/mol. The Balaban J connectivity index is 2.12. The first kappa shape index (κ1) is 12.0. The SMILES string of the molecule is CN1C(=O)CC(NC(=O)c2ncccc2N)C1=O. The molecular weight excluding hydrogens is 236 g/mol. The van der Waals surface area contributed by atoms with E-state index in [2.05, 4.69) is 10.3 Å². The third-order valence-electron chi connectivity index (χ3n) is 2.74. The molecular formula is C11H12N4O3. The fourth-order valence-electron chi connectivity index (χ4n) is 1.70. The van der Waals surface area contributed by atoms with Gasteiger partial charge in [0.25, 0.3) is 11.8 Å². The number of nitrogen functional groups attached to an aromatic ring is 1. The molecule has 7 heteroatoms. The number of nitrogens with one attached hydrogen (secondary N) is 1. The Labute approximate surface area is 103 Å². The van der Waals surface area contributed by atoms with Crippen LogP contribution in [0.5, 0.6) is 0 Å². The van der Waals surface area contributed by atoms with Crippen LogP contribution < -0.4 is 11.1 Å². The molecule has 0 aliphatic carbocycles. The van der Waals surface area contributed by atoms with Gasteiger partial charge in [0.15, 0.2) is 5.69 Å². The van der Waals surface area contributed by atoms with E-state index in [9.17, 15) is 14.4 Å². The summed E-state index contributed by atoms with van der Waals surface area (Å²) in [7, 11) is 1.38. The van der Waals surface area contributed by atoms with Crippen LogP contribution in [0.3, 0.4) is 0 Å². The summed E-state index contributed by atoms with van der Waals surface area (Å²) in [6.45, 7) is 0. The normalized spacial score (nSPS) is 19.2. The molecule has 1 atom stereocenters. The topological polar surface area (TPSA) is 105 Å². The summed E-state index contributed by atoms with van der Waals surface area (Å²) in [6.07, 6.45) is 1.40. The molecule has 1 fully saturated rings. The molecule has 2 rings (SSSR count). The van der Waals surface area contributed by atoms with Crippen LogP contribution in [0.1, 0.15) is 16.9 Å². The number of carbonyl (C=O) groups excluding carboxylic acids is 3. The summed E-state index contributed by atoms with van der Waals surface area (Å²) in [6, 6.07) is 2.30. The van der Waals surface area contributed by atoms with Crippen LogP contribution in [-0.4, -0.2) is 40.7 Å². The lowest BCUT2D eigenvalue weighted by atomic mass is 10.2. The van der Waals surface area contributed by atoms with Gasteiger partial charge in [-0.25, -0.2) is 4.98 Å². The van der Waals surface area contributed by atoms with Gasteiger partial charge in [-0.3, -0.25) is 19.3 Å². The van der Waals surface area contributed by atoms with E-state index in [0.717, 1.165) is 4.90 Å². The fraction of sp³-hybridized carbons (Fsp3) is 0.273. The van der Waals surface area contributed by atoms with Crippen molar-refractivity contribution in [1.82, 2.24) is 15.2 Å². The van der Waals surface area contributed by atoms with E-state index in [-0.39, 0.29) is 23.7 Å². The molecule has 1 aliphatic rings. The molecule has 0 bridgehead atoms. The van der Waals surface area contributed by atoms with Crippen LogP contribution in [0.15, 0.2) is 18.3 Å². The Hall–Kier alpha value is -2.44. The maximum Gasteiger partial charge on any atom is 0.272 e. The zero-order valence-electron chi connectivity index (χ0n) is 9.71. The molecule has 1 aromatic rings. The Kier molecular flexibility index (Phi) is 2.97. The molecule has 0 aromatic carbocycles. The summed E-state index contributed by atoms with van der Waals surface area (Å²) in [5, 5.41) is 2.45. The number of likely N-dealkylation sites (tertiary alicyclic amines) is 1. The second kappa shape index (κ2) is 4.44. The molecule has 7 nitrogen and oxygen atoms in total. The fourth-order valence-corrected chi connectivity index (χ4v) is 1.70. The highest BCUT2D eigenvalue weighted by atomic mass is 16.2. The summed E-state index contributed by atoms with van der Waals surface area (Å²) in [5.74, 6) is -1.31. The maximum atomic E-state index is 11.8. The van der Waals surface area contributed by atoms with E-state index in [0.29, 0.717) is 0 Å². The Morgan fingerprint density at radius 1 is 1.56 bits per heavy atom. The zero-order chi connectivity index (χ0) is 13.3. The quantitative estimate of drug-likeness (QED) is 0.663. The first-order chi connectivity index (χ1) is 8.50. The molecule has 2 heterocycles. The number of nitrogens with two attached hydrogens (primary N) is 1. The van der Waals surface area contributed by atoms with E-state index in [1.807, 2.05) is 0 Å². The van der Waals surface area contributed by atoms with E-state index in [1.54, 1.807) is 6.07 Å². The van der Waals surface area contributed by atoms with Crippen molar-refractivity contribution < 1.29 is 14.4 Å². The molecule has 94 valence electrons.